The Morgan fingerprint density at radius 1 is 1.30 bits per heavy atom. The number of hydrazine groups is 1. The number of carbonyl (C=O) groups excluding carboxylic acids is 2. The average Bonchev–Trinajstić information content (AvgIpc) is 2.75. The second-order valence-corrected chi connectivity index (χ2v) is 6.85. The molecule has 0 radical (unpaired) electrons. The number of carbonyl (C=O) groups is 2. The quantitative estimate of drug-likeness (QED) is 0.489. The molecule has 0 saturated carbocycles. The predicted molar refractivity (Wildman–Crippen MR) is 113 cm³/mol. The largest absolute Gasteiger partial charge is 0.393 e. The Morgan fingerprint density at radius 3 is 2.50 bits per heavy atom. The lowest BCUT2D eigenvalue weighted by atomic mass is 9.91. The third kappa shape index (κ3) is 5.24. The third-order valence-corrected chi connectivity index (χ3v) is 4.91. The third-order valence-electron chi connectivity index (χ3n) is 4.51. The van der Waals surface area contributed by atoms with Gasteiger partial charge in [0.15, 0.2) is 0 Å². The maximum Gasteiger partial charge on any atom is 0.269 e. The van der Waals surface area contributed by atoms with Crippen molar-refractivity contribution in [1.82, 2.24) is 10.9 Å². The summed E-state index contributed by atoms with van der Waals surface area (Å²) in [5, 5.41) is 19.1. The van der Waals surface area contributed by atoms with Gasteiger partial charge < -0.3 is 5.11 Å². The topological polar surface area (TPSA) is 107 Å². The summed E-state index contributed by atoms with van der Waals surface area (Å²) in [6.45, 7) is 12.3. The van der Waals surface area contributed by atoms with Crippen molar-refractivity contribution < 1.29 is 14.7 Å². The van der Waals surface area contributed by atoms with E-state index in [9.17, 15) is 14.7 Å². The van der Waals surface area contributed by atoms with Gasteiger partial charge in [-0.25, -0.2) is 4.85 Å². The van der Waals surface area contributed by atoms with Crippen LogP contribution in [0.15, 0.2) is 43.0 Å². The minimum absolute atomic E-state index is 0.121. The van der Waals surface area contributed by atoms with Gasteiger partial charge in [0.25, 0.3) is 5.91 Å². The Labute approximate surface area is 179 Å². The molecule has 2 atom stereocenters. The molecule has 8 heteroatoms. The van der Waals surface area contributed by atoms with E-state index >= 15 is 0 Å². The van der Waals surface area contributed by atoms with Crippen LogP contribution in [-0.2, 0) is 11.2 Å². The number of nitrogens with one attached hydrogen (secondary N) is 2. The number of halogens is 1. The zero-order valence-electron chi connectivity index (χ0n) is 16.1. The fourth-order valence-corrected chi connectivity index (χ4v) is 3.11. The predicted octanol–water partition coefficient (Wildman–Crippen LogP) is 3.41. The van der Waals surface area contributed by atoms with E-state index in [1.54, 1.807) is 12.1 Å². The minimum atomic E-state index is -1.02. The molecule has 7 nitrogen and oxygen atoms in total. The van der Waals surface area contributed by atoms with E-state index < -0.39 is 23.8 Å². The molecule has 0 unspecified atom stereocenters. The van der Waals surface area contributed by atoms with Crippen LogP contribution in [0.1, 0.15) is 34.0 Å². The van der Waals surface area contributed by atoms with Gasteiger partial charge >= 0.3 is 0 Å². The van der Waals surface area contributed by atoms with Gasteiger partial charge in [-0.2, -0.15) is 5.26 Å². The molecule has 0 bridgehead atoms. The Bertz CT molecular complexity index is 1050. The number of rotatable bonds is 6. The Morgan fingerprint density at radius 2 is 1.97 bits per heavy atom. The summed E-state index contributed by atoms with van der Waals surface area (Å²) in [7, 11) is 0. The van der Waals surface area contributed by atoms with Gasteiger partial charge in [-0.3, -0.25) is 20.4 Å². The van der Waals surface area contributed by atoms with E-state index in [-0.39, 0.29) is 22.7 Å². The number of nitriles is 1. The zero-order chi connectivity index (χ0) is 22.3. The van der Waals surface area contributed by atoms with Crippen molar-refractivity contribution >= 4 is 35.2 Å². The molecule has 2 rings (SSSR count). The SMILES string of the molecule is [C-]#[N+]c1ccc(C[C@@H](C(=O)NNC(=O)c2ccc(C#N)cc2)[C@H](C)O)c(C=C)c1Cl. The molecule has 0 aromatic heterocycles. The van der Waals surface area contributed by atoms with E-state index in [4.69, 9.17) is 23.4 Å². The number of aliphatic hydroxyl groups excluding tert-OH is 1. The fourth-order valence-electron chi connectivity index (χ4n) is 2.81. The average molecular weight is 423 g/mol. The number of hydrogen-bond acceptors (Lipinski definition) is 4. The van der Waals surface area contributed by atoms with E-state index in [1.807, 2.05) is 6.07 Å². The number of hydrogen-bond donors (Lipinski definition) is 3. The van der Waals surface area contributed by atoms with Crippen molar-refractivity contribution in [3.63, 3.8) is 0 Å². The maximum absolute atomic E-state index is 12.6. The van der Waals surface area contributed by atoms with Crippen molar-refractivity contribution in [2.45, 2.75) is 19.4 Å². The Balaban J connectivity index is 2.13. The van der Waals surface area contributed by atoms with Gasteiger partial charge in [-0.15, -0.1) is 0 Å². The van der Waals surface area contributed by atoms with Gasteiger partial charge in [0.1, 0.15) is 0 Å². The second kappa shape index (κ2) is 10.2. The molecule has 2 aromatic rings. The summed E-state index contributed by atoms with van der Waals surface area (Å²) in [6.07, 6.45) is 0.597. The van der Waals surface area contributed by atoms with Crippen LogP contribution >= 0.6 is 11.6 Å². The lowest BCUT2D eigenvalue weighted by Gasteiger charge is -2.21. The van der Waals surface area contributed by atoms with Crippen LogP contribution in [0.2, 0.25) is 5.02 Å². The summed E-state index contributed by atoms with van der Waals surface area (Å²) in [5.41, 5.74) is 6.71. The van der Waals surface area contributed by atoms with Crippen molar-refractivity contribution in [1.29, 1.82) is 5.26 Å². The molecule has 0 aliphatic carbocycles. The standard InChI is InChI=1S/C22H19ClN4O3/c1-4-17-16(9-10-19(25-3)20(17)23)11-18(13(2)28)22(30)27-26-21(29)15-7-5-14(12-24)6-8-15/h4-10,13,18,28H,1,11H2,2H3,(H,26,29)(H,27,30)/t13-,18+/m0/s1. The molecule has 2 aromatic carbocycles. The van der Waals surface area contributed by atoms with E-state index in [0.29, 0.717) is 16.7 Å². The van der Waals surface area contributed by atoms with Crippen molar-refractivity contribution in [2.24, 2.45) is 5.92 Å². The number of nitrogens with zero attached hydrogens (tertiary/aromatic N) is 2. The molecular weight excluding hydrogens is 404 g/mol. The van der Waals surface area contributed by atoms with Crippen LogP contribution in [0.5, 0.6) is 0 Å². The van der Waals surface area contributed by atoms with Gasteiger partial charge in [0.05, 0.1) is 35.2 Å². The summed E-state index contributed by atoms with van der Waals surface area (Å²) in [5.74, 6) is -2.04. The summed E-state index contributed by atoms with van der Waals surface area (Å²) < 4.78 is 0. The molecule has 0 heterocycles. The van der Waals surface area contributed by atoms with Crippen LogP contribution in [0, 0.1) is 23.8 Å². The first kappa shape index (κ1) is 22.6. The number of amides is 2. The molecule has 2 amide bonds. The van der Waals surface area contributed by atoms with E-state index in [2.05, 4.69) is 22.3 Å². The monoisotopic (exact) mass is 422 g/mol. The highest BCUT2D eigenvalue weighted by Gasteiger charge is 2.26. The van der Waals surface area contributed by atoms with Crippen molar-refractivity contribution in [2.75, 3.05) is 0 Å². The van der Waals surface area contributed by atoms with Crippen molar-refractivity contribution in [3.8, 4) is 6.07 Å². The normalized spacial score (nSPS) is 12.0. The van der Waals surface area contributed by atoms with Crippen LogP contribution < -0.4 is 10.9 Å². The summed E-state index contributed by atoms with van der Waals surface area (Å²) in [6, 6.07) is 11.1. The van der Waals surface area contributed by atoms with Crippen LogP contribution in [-0.4, -0.2) is 23.0 Å². The van der Waals surface area contributed by atoms with Crippen molar-refractivity contribution in [3.05, 3.63) is 81.7 Å². The second-order valence-electron chi connectivity index (χ2n) is 6.47. The smallest absolute Gasteiger partial charge is 0.269 e. The van der Waals surface area contributed by atoms with Crippen LogP contribution in [0.4, 0.5) is 5.69 Å². The highest BCUT2D eigenvalue weighted by Crippen LogP contribution is 2.33. The molecule has 0 fully saturated rings. The van der Waals surface area contributed by atoms with Gasteiger partial charge in [-0.05, 0) is 48.7 Å². The van der Waals surface area contributed by atoms with E-state index in [1.165, 1.54) is 37.3 Å². The van der Waals surface area contributed by atoms with Gasteiger partial charge in [-0.1, -0.05) is 36.4 Å². The lowest BCUT2D eigenvalue weighted by Crippen LogP contribution is -2.47. The van der Waals surface area contributed by atoms with Crippen LogP contribution in [0.25, 0.3) is 10.9 Å². The van der Waals surface area contributed by atoms with Crippen LogP contribution in [0.3, 0.4) is 0 Å². The van der Waals surface area contributed by atoms with Gasteiger partial charge in [0.2, 0.25) is 11.6 Å². The first-order chi connectivity index (χ1) is 14.3. The summed E-state index contributed by atoms with van der Waals surface area (Å²) >= 11 is 6.22. The minimum Gasteiger partial charge on any atom is -0.393 e. The molecular formula is C22H19ClN4O3. The van der Waals surface area contributed by atoms with Gasteiger partial charge in [0, 0.05) is 5.56 Å². The first-order valence-electron chi connectivity index (χ1n) is 8.92. The Hall–Kier alpha value is -3.65. The Kier molecular flexibility index (Phi) is 7.71. The number of benzene rings is 2. The molecule has 152 valence electrons. The first-order valence-corrected chi connectivity index (χ1v) is 9.29. The highest BCUT2D eigenvalue weighted by molar-refractivity contribution is 6.34. The summed E-state index contributed by atoms with van der Waals surface area (Å²) in [4.78, 5) is 28.1. The molecule has 30 heavy (non-hydrogen) atoms. The lowest BCUT2D eigenvalue weighted by molar-refractivity contribution is -0.128. The zero-order valence-corrected chi connectivity index (χ0v) is 16.9. The molecule has 3 N–H and O–H groups in total. The molecule has 0 spiro atoms. The molecule has 0 saturated heterocycles. The number of aliphatic hydroxyl groups is 1. The molecule has 0 aliphatic rings. The maximum atomic E-state index is 12.6. The molecule has 0 aliphatic heterocycles. The highest BCUT2D eigenvalue weighted by atomic mass is 35.5. The fraction of sp³-hybridized carbons (Fsp3) is 0.182. The van der Waals surface area contributed by atoms with E-state index in [0.717, 1.165) is 0 Å².